The van der Waals surface area contributed by atoms with Crippen LogP contribution in [0.1, 0.15) is 57.7 Å². The number of hydrogen-bond acceptors (Lipinski definition) is 4. The Hall–Kier alpha value is -2.40. The van der Waals surface area contributed by atoms with Crippen LogP contribution in [0.5, 0.6) is 0 Å². The van der Waals surface area contributed by atoms with E-state index in [0.29, 0.717) is 22.9 Å². The lowest BCUT2D eigenvalue weighted by atomic mass is 9.98. The normalized spacial score (nSPS) is 12.3. The molecule has 26 heavy (non-hydrogen) atoms. The Morgan fingerprint density at radius 1 is 1.19 bits per heavy atom. The molecule has 0 fully saturated rings. The van der Waals surface area contributed by atoms with Crippen LogP contribution in [-0.2, 0) is 6.42 Å². The Balaban J connectivity index is 1.88. The lowest BCUT2D eigenvalue weighted by Gasteiger charge is -2.19. The topological polar surface area (TPSA) is 55.1 Å². The monoisotopic (exact) mass is 368 g/mol. The summed E-state index contributed by atoms with van der Waals surface area (Å²) in [6.45, 7) is 7.97. The summed E-state index contributed by atoms with van der Waals surface area (Å²) < 4.78 is 5.14. The second kappa shape index (κ2) is 7.87. The van der Waals surface area contributed by atoms with Gasteiger partial charge in [-0.3, -0.25) is 4.79 Å². The summed E-state index contributed by atoms with van der Waals surface area (Å²) in [4.78, 5) is 13.9. The summed E-state index contributed by atoms with van der Waals surface area (Å²) in [5, 5.41) is 9.06. The molecule has 2 aromatic heterocycles. The quantitative estimate of drug-likeness (QED) is 0.661. The van der Waals surface area contributed by atoms with Crippen LogP contribution in [0, 0.1) is 19.8 Å². The lowest BCUT2D eigenvalue weighted by molar-refractivity contribution is 0.0941. The van der Waals surface area contributed by atoms with E-state index in [1.54, 1.807) is 25.2 Å². The van der Waals surface area contributed by atoms with E-state index in [1.165, 1.54) is 5.56 Å². The molecule has 0 radical (unpaired) electrons. The maximum absolute atomic E-state index is 12.8. The number of hydrogen-bond donors (Lipinski definition) is 1. The van der Waals surface area contributed by atoms with E-state index >= 15 is 0 Å². The van der Waals surface area contributed by atoms with Gasteiger partial charge in [-0.1, -0.05) is 49.3 Å². The van der Waals surface area contributed by atoms with Crippen molar-refractivity contribution in [2.24, 2.45) is 5.92 Å². The van der Waals surface area contributed by atoms with Gasteiger partial charge in [0.2, 0.25) is 0 Å². The van der Waals surface area contributed by atoms with E-state index in [4.69, 9.17) is 4.52 Å². The minimum atomic E-state index is -0.190. The highest BCUT2D eigenvalue weighted by molar-refractivity contribution is 7.10. The van der Waals surface area contributed by atoms with Crippen molar-refractivity contribution >= 4 is 17.2 Å². The van der Waals surface area contributed by atoms with Crippen molar-refractivity contribution in [2.45, 2.75) is 40.2 Å². The van der Waals surface area contributed by atoms with Crippen LogP contribution < -0.4 is 5.32 Å². The van der Waals surface area contributed by atoms with Crippen molar-refractivity contribution in [3.8, 4) is 0 Å². The number of carbonyl (C=O) groups is 1. The molecule has 1 unspecified atom stereocenters. The predicted octanol–water partition coefficient (Wildman–Crippen LogP) is 5.07. The van der Waals surface area contributed by atoms with E-state index in [1.807, 2.05) is 17.5 Å². The molecular weight excluding hydrogens is 344 g/mol. The molecule has 3 rings (SSSR count). The van der Waals surface area contributed by atoms with Crippen LogP contribution in [0.25, 0.3) is 0 Å². The molecule has 0 aliphatic rings. The first kappa shape index (κ1) is 18.4. The summed E-state index contributed by atoms with van der Waals surface area (Å²) in [6.07, 6.45) is 1.05. The fourth-order valence-electron chi connectivity index (χ4n) is 3.10. The zero-order chi connectivity index (χ0) is 18.7. The van der Waals surface area contributed by atoms with Gasteiger partial charge >= 0.3 is 0 Å². The summed E-state index contributed by atoms with van der Waals surface area (Å²) >= 11 is 1.63. The van der Waals surface area contributed by atoms with Crippen molar-refractivity contribution in [1.82, 2.24) is 10.5 Å². The number of carbonyl (C=O) groups excluding carboxylic acids is 1. The molecule has 0 aliphatic carbocycles. The molecule has 1 N–H and O–H groups in total. The van der Waals surface area contributed by atoms with E-state index in [-0.39, 0.29) is 11.9 Å². The van der Waals surface area contributed by atoms with Crippen LogP contribution >= 0.6 is 11.3 Å². The van der Waals surface area contributed by atoms with Crippen molar-refractivity contribution in [1.29, 1.82) is 0 Å². The highest BCUT2D eigenvalue weighted by atomic mass is 32.1. The molecule has 1 aromatic carbocycles. The second-order valence-corrected chi connectivity index (χ2v) is 7.94. The Morgan fingerprint density at radius 3 is 2.46 bits per heavy atom. The SMILES string of the molecule is Cc1noc(C)c1C(=O)NC(c1ccc(CC(C)C)cc1)c1cccs1. The van der Waals surface area contributed by atoms with Crippen LogP contribution in [0.2, 0.25) is 0 Å². The molecular formula is C21H24N2O2S. The van der Waals surface area contributed by atoms with Gasteiger partial charge in [0, 0.05) is 4.88 Å². The minimum Gasteiger partial charge on any atom is -0.361 e. The van der Waals surface area contributed by atoms with Crippen LogP contribution in [-0.4, -0.2) is 11.1 Å². The van der Waals surface area contributed by atoms with E-state index < -0.39 is 0 Å². The first-order valence-electron chi connectivity index (χ1n) is 8.81. The Labute approximate surface area is 158 Å². The molecule has 0 saturated carbocycles. The first-order chi connectivity index (χ1) is 12.5. The van der Waals surface area contributed by atoms with Crippen LogP contribution in [0.3, 0.4) is 0 Å². The third-order valence-electron chi connectivity index (χ3n) is 4.32. The highest BCUT2D eigenvalue weighted by Gasteiger charge is 2.23. The smallest absolute Gasteiger partial charge is 0.257 e. The van der Waals surface area contributed by atoms with Gasteiger partial charge in [0.15, 0.2) is 0 Å². The fourth-order valence-corrected chi connectivity index (χ4v) is 3.90. The van der Waals surface area contributed by atoms with Crippen molar-refractivity contribution in [3.63, 3.8) is 0 Å². The molecule has 2 heterocycles. The maximum Gasteiger partial charge on any atom is 0.257 e. The molecule has 136 valence electrons. The van der Waals surface area contributed by atoms with E-state index in [9.17, 15) is 4.79 Å². The third kappa shape index (κ3) is 4.05. The number of aryl methyl sites for hydroxylation is 2. The van der Waals surface area contributed by atoms with Crippen LogP contribution in [0.4, 0.5) is 0 Å². The van der Waals surface area contributed by atoms with E-state index in [0.717, 1.165) is 16.9 Å². The molecule has 5 heteroatoms. The summed E-state index contributed by atoms with van der Waals surface area (Å²) in [7, 11) is 0. The second-order valence-electron chi connectivity index (χ2n) is 6.96. The first-order valence-corrected chi connectivity index (χ1v) is 9.69. The van der Waals surface area contributed by atoms with Gasteiger partial charge < -0.3 is 9.84 Å². The molecule has 0 aliphatic heterocycles. The van der Waals surface area contributed by atoms with Crippen molar-refractivity contribution in [3.05, 3.63) is 74.8 Å². The Morgan fingerprint density at radius 2 is 1.92 bits per heavy atom. The van der Waals surface area contributed by atoms with Crippen molar-refractivity contribution in [2.75, 3.05) is 0 Å². The molecule has 0 spiro atoms. The van der Waals surface area contributed by atoms with Crippen molar-refractivity contribution < 1.29 is 9.32 Å². The molecule has 1 atom stereocenters. The summed E-state index contributed by atoms with van der Waals surface area (Å²) in [5.41, 5.74) is 3.51. The van der Waals surface area contributed by atoms with Gasteiger partial charge in [-0.2, -0.15) is 0 Å². The highest BCUT2D eigenvalue weighted by Crippen LogP contribution is 2.27. The van der Waals surface area contributed by atoms with Gasteiger partial charge in [0.25, 0.3) is 5.91 Å². The fraction of sp³-hybridized carbons (Fsp3) is 0.333. The average molecular weight is 369 g/mol. The number of amides is 1. The molecule has 0 bridgehead atoms. The number of aromatic nitrogens is 1. The number of rotatable bonds is 6. The number of nitrogens with zero attached hydrogens (tertiary/aromatic N) is 1. The number of thiophene rings is 1. The van der Waals surface area contributed by atoms with Gasteiger partial charge in [0.1, 0.15) is 11.3 Å². The summed E-state index contributed by atoms with van der Waals surface area (Å²) in [5.74, 6) is 0.997. The van der Waals surface area contributed by atoms with E-state index in [2.05, 4.69) is 48.6 Å². The predicted molar refractivity (Wildman–Crippen MR) is 105 cm³/mol. The summed E-state index contributed by atoms with van der Waals surface area (Å²) in [6, 6.07) is 12.4. The van der Waals surface area contributed by atoms with Gasteiger partial charge in [-0.25, -0.2) is 0 Å². The zero-order valence-corrected chi connectivity index (χ0v) is 16.4. The average Bonchev–Trinajstić information content (AvgIpc) is 3.23. The molecule has 3 aromatic rings. The largest absolute Gasteiger partial charge is 0.361 e. The number of benzene rings is 1. The molecule has 4 nitrogen and oxygen atoms in total. The van der Waals surface area contributed by atoms with Gasteiger partial charge in [-0.15, -0.1) is 11.3 Å². The third-order valence-corrected chi connectivity index (χ3v) is 5.26. The zero-order valence-electron chi connectivity index (χ0n) is 15.6. The number of nitrogens with one attached hydrogen (secondary N) is 1. The molecule has 1 amide bonds. The van der Waals surface area contributed by atoms with Gasteiger partial charge in [0.05, 0.1) is 11.7 Å². The molecule has 0 saturated heterocycles. The Kier molecular flexibility index (Phi) is 5.57. The Bertz CT molecular complexity index is 845. The van der Waals surface area contributed by atoms with Crippen LogP contribution in [0.15, 0.2) is 46.3 Å². The minimum absolute atomic E-state index is 0.161. The van der Waals surface area contributed by atoms with Gasteiger partial charge in [-0.05, 0) is 48.8 Å². The maximum atomic E-state index is 12.8. The lowest BCUT2D eigenvalue weighted by Crippen LogP contribution is -2.29. The standard InChI is InChI=1S/C21H24N2O2S/c1-13(2)12-16-7-9-17(10-8-16)20(18-6-5-11-26-18)22-21(24)19-14(3)23-25-15(19)4/h5-11,13,20H,12H2,1-4H3,(H,22,24).